The van der Waals surface area contributed by atoms with Crippen molar-refractivity contribution in [2.24, 2.45) is 0 Å². The normalized spacial score (nSPS) is 10.9. The number of nitrogens with one attached hydrogen (secondary N) is 1. The van der Waals surface area contributed by atoms with Gasteiger partial charge in [0.25, 0.3) is 0 Å². The van der Waals surface area contributed by atoms with Crippen molar-refractivity contribution in [3.05, 3.63) is 72.3 Å². The van der Waals surface area contributed by atoms with Crippen LogP contribution in [0.5, 0.6) is 0 Å². The van der Waals surface area contributed by atoms with Gasteiger partial charge in [-0.3, -0.25) is 4.79 Å². The number of anilines is 2. The SMILES string of the molecule is CCN(c1ccc(NC(=O)Cc2cccc3ccccc23)cc1)C(C)C. The van der Waals surface area contributed by atoms with E-state index in [0.29, 0.717) is 12.5 Å². The number of nitrogens with zero attached hydrogens (tertiary/aromatic N) is 1. The van der Waals surface area contributed by atoms with Gasteiger partial charge in [-0.1, -0.05) is 42.5 Å². The Kier molecular flexibility index (Phi) is 5.57. The lowest BCUT2D eigenvalue weighted by Gasteiger charge is -2.27. The Labute approximate surface area is 155 Å². The fraction of sp³-hybridized carbons (Fsp3) is 0.261. The Morgan fingerprint density at radius 2 is 1.65 bits per heavy atom. The second-order valence-corrected chi connectivity index (χ2v) is 6.79. The number of fused-ring (bicyclic) bond motifs is 1. The molecule has 26 heavy (non-hydrogen) atoms. The van der Waals surface area contributed by atoms with Crippen molar-refractivity contribution < 1.29 is 4.79 Å². The van der Waals surface area contributed by atoms with Crippen LogP contribution in [0.25, 0.3) is 10.8 Å². The Balaban J connectivity index is 1.70. The predicted molar refractivity (Wildman–Crippen MR) is 111 cm³/mol. The van der Waals surface area contributed by atoms with Crippen molar-refractivity contribution in [2.45, 2.75) is 33.2 Å². The number of hydrogen-bond donors (Lipinski definition) is 1. The quantitative estimate of drug-likeness (QED) is 0.660. The molecule has 0 aliphatic rings. The largest absolute Gasteiger partial charge is 0.369 e. The molecule has 3 nitrogen and oxygen atoms in total. The summed E-state index contributed by atoms with van der Waals surface area (Å²) in [6, 6.07) is 22.8. The topological polar surface area (TPSA) is 32.3 Å². The van der Waals surface area contributed by atoms with Crippen LogP contribution in [0.1, 0.15) is 26.3 Å². The maximum absolute atomic E-state index is 12.5. The summed E-state index contributed by atoms with van der Waals surface area (Å²) in [5.74, 6) is 0.00492. The van der Waals surface area contributed by atoms with Gasteiger partial charge in [-0.25, -0.2) is 0 Å². The van der Waals surface area contributed by atoms with Crippen LogP contribution < -0.4 is 10.2 Å². The molecule has 0 aromatic heterocycles. The third kappa shape index (κ3) is 4.05. The molecule has 1 N–H and O–H groups in total. The fourth-order valence-corrected chi connectivity index (χ4v) is 3.41. The lowest BCUT2D eigenvalue weighted by Crippen LogP contribution is -2.30. The fourth-order valence-electron chi connectivity index (χ4n) is 3.41. The molecule has 3 rings (SSSR count). The van der Waals surface area contributed by atoms with Crippen molar-refractivity contribution in [3.8, 4) is 0 Å². The number of hydrogen-bond acceptors (Lipinski definition) is 2. The first-order chi connectivity index (χ1) is 12.6. The van der Waals surface area contributed by atoms with Crippen LogP contribution in [-0.2, 0) is 11.2 Å². The molecule has 3 aromatic carbocycles. The molecule has 134 valence electrons. The summed E-state index contributed by atoms with van der Waals surface area (Å²) in [5, 5.41) is 5.31. The van der Waals surface area contributed by atoms with Crippen molar-refractivity contribution >= 4 is 28.1 Å². The minimum atomic E-state index is 0.00492. The summed E-state index contributed by atoms with van der Waals surface area (Å²) in [6.45, 7) is 7.48. The maximum Gasteiger partial charge on any atom is 0.228 e. The highest BCUT2D eigenvalue weighted by atomic mass is 16.1. The van der Waals surface area contributed by atoms with E-state index in [2.05, 4.69) is 61.3 Å². The molecule has 0 aliphatic carbocycles. The van der Waals surface area contributed by atoms with E-state index in [9.17, 15) is 4.79 Å². The first-order valence-corrected chi connectivity index (χ1v) is 9.21. The molecule has 0 bridgehead atoms. The number of carbonyl (C=O) groups excluding carboxylic acids is 1. The van der Waals surface area contributed by atoms with Gasteiger partial charge in [0.2, 0.25) is 5.91 Å². The predicted octanol–water partition coefficient (Wildman–Crippen LogP) is 5.26. The zero-order chi connectivity index (χ0) is 18.5. The van der Waals surface area contributed by atoms with Crippen molar-refractivity contribution in [1.82, 2.24) is 0 Å². The molecule has 0 radical (unpaired) electrons. The number of rotatable bonds is 6. The van der Waals surface area contributed by atoms with Gasteiger partial charge in [0.15, 0.2) is 0 Å². The smallest absolute Gasteiger partial charge is 0.228 e. The monoisotopic (exact) mass is 346 g/mol. The minimum absolute atomic E-state index is 0.00492. The third-order valence-electron chi connectivity index (χ3n) is 4.68. The van der Waals surface area contributed by atoms with E-state index in [1.54, 1.807) is 0 Å². The second kappa shape index (κ2) is 8.05. The maximum atomic E-state index is 12.5. The highest BCUT2D eigenvalue weighted by Gasteiger charge is 2.10. The number of benzene rings is 3. The Hall–Kier alpha value is -2.81. The van der Waals surface area contributed by atoms with Gasteiger partial charge in [0, 0.05) is 24.0 Å². The second-order valence-electron chi connectivity index (χ2n) is 6.79. The van der Waals surface area contributed by atoms with Crippen LogP contribution >= 0.6 is 0 Å². The first kappa shape index (κ1) is 18.0. The Morgan fingerprint density at radius 3 is 2.35 bits per heavy atom. The first-order valence-electron chi connectivity index (χ1n) is 9.21. The minimum Gasteiger partial charge on any atom is -0.369 e. The van der Waals surface area contributed by atoms with Crippen molar-refractivity contribution in [2.75, 3.05) is 16.8 Å². The summed E-state index contributed by atoms with van der Waals surface area (Å²) in [5.41, 5.74) is 3.06. The van der Waals surface area contributed by atoms with Gasteiger partial charge in [0.05, 0.1) is 6.42 Å². The van der Waals surface area contributed by atoms with Gasteiger partial charge in [0.1, 0.15) is 0 Å². The average Bonchev–Trinajstić information content (AvgIpc) is 2.64. The van der Waals surface area contributed by atoms with E-state index in [0.717, 1.165) is 28.6 Å². The molecule has 0 unspecified atom stereocenters. The molecule has 3 heteroatoms. The van der Waals surface area contributed by atoms with Crippen LogP contribution in [0.4, 0.5) is 11.4 Å². The molecular weight excluding hydrogens is 320 g/mol. The summed E-state index contributed by atoms with van der Waals surface area (Å²) < 4.78 is 0. The van der Waals surface area contributed by atoms with Crippen LogP contribution in [-0.4, -0.2) is 18.5 Å². The van der Waals surface area contributed by atoms with Crippen LogP contribution in [0.15, 0.2) is 66.7 Å². The molecule has 1 amide bonds. The van der Waals surface area contributed by atoms with E-state index in [1.807, 2.05) is 36.4 Å². The standard InChI is InChI=1S/C23H26N2O/c1-4-25(17(2)3)21-14-12-20(13-15-21)24-23(26)16-19-10-7-9-18-8-5-6-11-22(18)19/h5-15,17H,4,16H2,1-3H3,(H,24,26). The summed E-state index contributed by atoms with van der Waals surface area (Å²) in [4.78, 5) is 14.8. The molecule has 0 saturated carbocycles. The lowest BCUT2D eigenvalue weighted by molar-refractivity contribution is -0.115. The van der Waals surface area contributed by atoms with Gasteiger partial charge in [-0.05, 0) is 61.4 Å². The van der Waals surface area contributed by atoms with E-state index < -0.39 is 0 Å². The molecule has 3 aromatic rings. The molecule has 0 atom stereocenters. The highest BCUT2D eigenvalue weighted by Crippen LogP contribution is 2.21. The Bertz CT molecular complexity index is 879. The van der Waals surface area contributed by atoms with Crippen LogP contribution in [0.3, 0.4) is 0 Å². The van der Waals surface area contributed by atoms with Crippen molar-refractivity contribution in [3.63, 3.8) is 0 Å². The van der Waals surface area contributed by atoms with Gasteiger partial charge >= 0.3 is 0 Å². The third-order valence-corrected chi connectivity index (χ3v) is 4.68. The zero-order valence-electron chi connectivity index (χ0n) is 15.7. The summed E-state index contributed by atoms with van der Waals surface area (Å²) >= 11 is 0. The average molecular weight is 346 g/mol. The molecule has 0 spiro atoms. The summed E-state index contributed by atoms with van der Waals surface area (Å²) in [6.07, 6.45) is 0.371. The van der Waals surface area contributed by atoms with Gasteiger partial charge in [-0.15, -0.1) is 0 Å². The van der Waals surface area contributed by atoms with Gasteiger partial charge in [-0.2, -0.15) is 0 Å². The van der Waals surface area contributed by atoms with Crippen LogP contribution in [0, 0.1) is 0 Å². The highest BCUT2D eigenvalue weighted by molar-refractivity contribution is 5.96. The number of amides is 1. The molecule has 0 aliphatic heterocycles. The molecule has 0 heterocycles. The molecule has 0 saturated heterocycles. The lowest BCUT2D eigenvalue weighted by atomic mass is 10.0. The molecular formula is C23H26N2O. The summed E-state index contributed by atoms with van der Waals surface area (Å²) in [7, 11) is 0. The van der Waals surface area contributed by atoms with E-state index >= 15 is 0 Å². The van der Waals surface area contributed by atoms with E-state index in [1.165, 1.54) is 5.69 Å². The molecule has 0 fully saturated rings. The Morgan fingerprint density at radius 1 is 0.962 bits per heavy atom. The van der Waals surface area contributed by atoms with Crippen LogP contribution in [0.2, 0.25) is 0 Å². The zero-order valence-corrected chi connectivity index (χ0v) is 15.7. The number of carbonyl (C=O) groups is 1. The van der Waals surface area contributed by atoms with Crippen molar-refractivity contribution in [1.29, 1.82) is 0 Å². The van der Waals surface area contributed by atoms with E-state index in [-0.39, 0.29) is 5.91 Å². The van der Waals surface area contributed by atoms with E-state index in [4.69, 9.17) is 0 Å². The van der Waals surface area contributed by atoms with Gasteiger partial charge < -0.3 is 10.2 Å².